The predicted molar refractivity (Wildman–Crippen MR) is 62.1 cm³/mol. The van der Waals surface area contributed by atoms with E-state index in [1.54, 1.807) is 7.11 Å². The van der Waals surface area contributed by atoms with Gasteiger partial charge >= 0.3 is 0 Å². The van der Waals surface area contributed by atoms with Crippen LogP contribution >= 0.6 is 0 Å². The van der Waals surface area contributed by atoms with E-state index in [9.17, 15) is 0 Å². The van der Waals surface area contributed by atoms with Crippen LogP contribution in [0, 0.1) is 0 Å². The summed E-state index contributed by atoms with van der Waals surface area (Å²) >= 11 is 0. The first-order chi connectivity index (χ1) is 7.88. The van der Waals surface area contributed by atoms with Crippen molar-refractivity contribution < 1.29 is 4.74 Å². The molecule has 0 unspecified atom stereocenters. The lowest BCUT2D eigenvalue weighted by Gasteiger charge is -2.04. The molecule has 2 rings (SSSR count). The van der Waals surface area contributed by atoms with Crippen LogP contribution in [0.5, 0.6) is 0 Å². The fraction of sp³-hybridized carbons (Fsp3) is 0.667. The zero-order chi connectivity index (χ0) is 11.2. The van der Waals surface area contributed by atoms with Gasteiger partial charge in [-0.2, -0.15) is 0 Å². The number of methoxy groups -OCH3 is 1. The average molecular weight is 221 g/mol. The minimum absolute atomic E-state index is 0.729. The summed E-state index contributed by atoms with van der Waals surface area (Å²) in [6.07, 6.45) is 6.34. The lowest BCUT2D eigenvalue weighted by Crippen LogP contribution is -2.16. The van der Waals surface area contributed by atoms with Crippen LogP contribution < -0.4 is 5.32 Å². The van der Waals surface area contributed by atoms with Gasteiger partial charge in [-0.3, -0.25) is 0 Å². The first-order valence-electron chi connectivity index (χ1n) is 5.91. The molecule has 88 valence electrons. The summed E-state index contributed by atoms with van der Waals surface area (Å²) in [5.74, 6) is 0.923. The minimum Gasteiger partial charge on any atom is -0.385 e. The zero-order valence-corrected chi connectivity index (χ0v) is 9.78. The number of nitrogens with zero attached hydrogens (tertiary/aromatic N) is 2. The highest BCUT2D eigenvalue weighted by atomic mass is 16.5. The molecule has 0 bridgehead atoms. The van der Waals surface area contributed by atoms with E-state index in [-0.39, 0.29) is 0 Å². The first-order valence-corrected chi connectivity index (χ1v) is 5.91. The van der Waals surface area contributed by atoms with Gasteiger partial charge in [-0.25, -0.2) is 9.97 Å². The largest absolute Gasteiger partial charge is 0.385 e. The highest BCUT2D eigenvalue weighted by molar-refractivity contribution is 5.03. The molecule has 0 aliphatic heterocycles. The van der Waals surface area contributed by atoms with Crippen LogP contribution in [0.4, 0.5) is 0 Å². The van der Waals surface area contributed by atoms with Crippen molar-refractivity contribution in [2.24, 2.45) is 0 Å². The summed E-state index contributed by atoms with van der Waals surface area (Å²) < 4.78 is 5.01. The Labute approximate surface area is 96.4 Å². The van der Waals surface area contributed by atoms with Gasteiger partial charge in [0.05, 0.1) is 5.69 Å². The second kappa shape index (κ2) is 5.92. The lowest BCUT2D eigenvalue weighted by atomic mass is 10.3. The molecule has 1 saturated carbocycles. The van der Waals surface area contributed by atoms with E-state index in [2.05, 4.69) is 15.3 Å². The Hall–Kier alpha value is -1.00. The maximum absolute atomic E-state index is 5.01. The maximum atomic E-state index is 5.01. The molecule has 0 spiro atoms. The Balaban J connectivity index is 1.80. The predicted octanol–water partition coefficient (Wildman–Crippen LogP) is 1.31. The monoisotopic (exact) mass is 221 g/mol. The normalized spacial score (nSPS) is 15.3. The van der Waals surface area contributed by atoms with Crippen LogP contribution in [0.15, 0.2) is 12.3 Å². The van der Waals surface area contributed by atoms with E-state index in [1.165, 1.54) is 12.8 Å². The minimum atomic E-state index is 0.729. The van der Waals surface area contributed by atoms with E-state index in [0.717, 1.165) is 43.6 Å². The SMILES string of the molecule is COCCCc1nccc(CNC2CC2)n1. The topological polar surface area (TPSA) is 47.0 Å². The Morgan fingerprint density at radius 3 is 3.12 bits per heavy atom. The molecule has 0 radical (unpaired) electrons. The quantitative estimate of drug-likeness (QED) is 0.705. The van der Waals surface area contributed by atoms with Crippen LogP contribution in [-0.2, 0) is 17.7 Å². The highest BCUT2D eigenvalue weighted by Gasteiger charge is 2.20. The molecule has 0 aromatic carbocycles. The van der Waals surface area contributed by atoms with Gasteiger partial charge in [0, 0.05) is 38.9 Å². The number of aromatic nitrogens is 2. The molecule has 1 aliphatic rings. The van der Waals surface area contributed by atoms with Crippen LogP contribution in [0.25, 0.3) is 0 Å². The van der Waals surface area contributed by atoms with Crippen LogP contribution in [-0.4, -0.2) is 29.7 Å². The Morgan fingerprint density at radius 1 is 1.50 bits per heavy atom. The molecule has 0 amide bonds. The third kappa shape index (κ3) is 3.87. The van der Waals surface area contributed by atoms with Crippen molar-refractivity contribution in [3.05, 3.63) is 23.8 Å². The maximum Gasteiger partial charge on any atom is 0.128 e. The molecule has 4 nitrogen and oxygen atoms in total. The van der Waals surface area contributed by atoms with Gasteiger partial charge in [0.2, 0.25) is 0 Å². The Kier molecular flexibility index (Phi) is 4.25. The highest BCUT2D eigenvalue weighted by Crippen LogP contribution is 2.18. The van der Waals surface area contributed by atoms with Crippen molar-refractivity contribution in [3.63, 3.8) is 0 Å². The van der Waals surface area contributed by atoms with E-state index in [4.69, 9.17) is 4.74 Å². The van der Waals surface area contributed by atoms with E-state index < -0.39 is 0 Å². The second-order valence-corrected chi connectivity index (χ2v) is 4.22. The van der Waals surface area contributed by atoms with Crippen molar-refractivity contribution in [2.75, 3.05) is 13.7 Å². The molecule has 1 N–H and O–H groups in total. The molecule has 1 fully saturated rings. The van der Waals surface area contributed by atoms with Gasteiger partial charge in [0.15, 0.2) is 0 Å². The third-order valence-electron chi connectivity index (χ3n) is 2.66. The van der Waals surface area contributed by atoms with Gasteiger partial charge in [-0.1, -0.05) is 0 Å². The van der Waals surface area contributed by atoms with Gasteiger partial charge in [-0.05, 0) is 25.3 Å². The number of hydrogen-bond acceptors (Lipinski definition) is 4. The van der Waals surface area contributed by atoms with Crippen molar-refractivity contribution in [2.45, 2.75) is 38.3 Å². The van der Waals surface area contributed by atoms with Crippen LogP contribution in [0.1, 0.15) is 30.8 Å². The Bertz CT molecular complexity index is 326. The molecule has 1 aliphatic carbocycles. The molecule has 0 saturated heterocycles. The molecule has 16 heavy (non-hydrogen) atoms. The summed E-state index contributed by atoms with van der Waals surface area (Å²) in [6, 6.07) is 2.71. The van der Waals surface area contributed by atoms with E-state index in [0.29, 0.717) is 0 Å². The number of hydrogen-bond donors (Lipinski definition) is 1. The third-order valence-corrected chi connectivity index (χ3v) is 2.66. The number of aryl methyl sites for hydroxylation is 1. The lowest BCUT2D eigenvalue weighted by molar-refractivity contribution is 0.194. The standard InChI is InChI=1S/C12H19N3O/c1-16-8-2-3-12-13-7-6-11(15-12)9-14-10-4-5-10/h6-7,10,14H,2-5,8-9H2,1H3. The summed E-state index contributed by atoms with van der Waals surface area (Å²) in [4.78, 5) is 8.77. The number of ether oxygens (including phenoxy) is 1. The van der Waals surface area contributed by atoms with Crippen molar-refractivity contribution >= 4 is 0 Å². The summed E-state index contributed by atoms with van der Waals surface area (Å²) in [7, 11) is 1.72. The zero-order valence-electron chi connectivity index (χ0n) is 9.78. The molecule has 1 heterocycles. The van der Waals surface area contributed by atoms with Crippen molar-refractivity contribution in [1.29, 1.82) is 0 Å². The fourth-order valence-electron chi connectivity index (χ4n) is 1.57. The van der Waals surface area contributed by atoms with Gasteiger partial charge in [-0.15, -0.1) is 0 Å². The van der Waals surface area contributed by atoms with E-state index in [1.807, 2.05) is 12.3 Å². The average Bonchev–Trinajstić information content (AvgIpc) is 3.11. The molecule has 4 heteroatoms. The molecule has 0 atom stereocenters. The summed E-state index contributed by atoms with van der Waals surface area (Å²) in [5.41, 5.74) is 1.09. The molecule has 1 aromatic rings. The van der Waals surface area contributed by atoms with Gasteiger partial charge in [0.25, 0.3) is 0 Å². The second-order valence-electron chi connectivity index (χ2n) is 4.22. The molecular weight excluding hydrogens is 202 g/mol. The Morgan fingerprint density at radius 2 is 2.38 bits per heavy atom. The van der Waals surface area contributed by atoms with Crippen molar-refractivity contribution in [1.82, 2.24) is 15.3 Å². The van der Waals surface area contributed by atoms with Crippen LogP contribution in [0.3, 0.4) is 0 Å². The molecular formula is C12H19N3O. The van der Waals surface area contributed by atoms with Gasteiger partial charge in [0.1, 0.15) is 5.82 Å². The smallest absolute Gasteiger partial charge is 0.128 e. The van der Waals surface area contributed by atoms with Crippen molar-refractivity contribution in [3.8, 4) is 0 Å². The summed E-state index contributed by atoms with van der Waals surface area (Å²) in [6.45, 7) is 1.64. The number of nitrogens with one attached hydrogen (secondary N) is 1. The first kappa shape index (κ1) is 11.5. The van der Waals surface area contributed by atoms with Crippen LogP contribution in [0.2, 0.25) is 0 Å². The molecule has 1 aromatic heterocycles. The fourth-order valence-corrected chi connectivity index (χ4v) is 1.57. The van der Waals surface area contributed by atoms with E-state index >= 15 is 0 Å². The summed E-state index contributed by atoms with van der Waals surface area (Å²) in [5, 5.41) is 3.45. The number of rotatable bonds is 7. The van der Waals surface area contributed by atoms with Gasteiger partial charge < -0.3 is 10.1 Å².